The largest absolute Gasteiger partial charge is 0.310 e. The van der Waals surface area contributed by atoms with Crippen molar-refractivity contribution in [1.82, 2.24) is 13.7 Å². The van der Waals surface area contributed by atoms with Gasteiger partial charge >= 0.3 is 0 Å². The fraction of sp³-hybridized carbons (Fsp3) is 0.108. The summed E-state index contributed by atoms with van der Waals surface area (Å²) in [6, 6.07) is 96.1. The Labute approximate surface area is 462 Å². The number of para-hydroxylation sites is 5. The van der Waals surface area contributed by atoms with E-state index in [-0.39, 0.29) is 10.8 Å². The van der Waals surface area contributed by atoms with E-state index in [1.165, 1.54) is 65.5 Å². The number of hydrogen-bond acceptors (Lipinski definition) is 2. The molecule has 5 nitrogen and oxygen atoms in total. The lowest BCUT2D eigenvalue weighted by molar-refractivity contribution is 0.591. The van der Waals surface area contributed by atoms with E-state index in [9.17, 15) is 0 Å². The molecule has 0 saturated carbocycles. The minimum absolute atomic E-state index is 0.0102. The molecule has 0 unspecified atom stereocenters. The van der Waals surface area contributed by atoms with Crippen molar-refractivity contribution in [1.29, 1.82) is 0 Å². The normalized spacial score (nSPS) is 12.2. The van der Waals surface area contributed by atoms with Gasteiger partial charge in [0.2, 0.25) is 0 Å². The first-order valence-corrected chi connectivity index (χ1v) is 27.6. The number of fused-ring (bicyclic) bond motifs is 9. The summed E-state index contributed by atoms with van der Waals surface area (Å²) in [5.41, 5.74) is 19.6. The van der Waals surface area contributed by atoms with Crippen molar-refractivity contribution in [3.8, 4) is 17.1 Å². The fourth-order valence-electron chi connectivity index (χ4n) is 12.1. The summed E-state index contributed by atoms with van der Waals surface area (Å²) in [7, 11) is 0. The van der Waals surface area contributed by atoms with E-state index in [1.807, 2.05) is 0 Å². The van der Waals surface area contributed by atoms with Gasteiger partial charge in [0.05, 0.1) is 33.1 Å². The van der Waals surface area contributed by atoms with Crippen LogP contribution in [-0.4, -0.2) is 13.7 Å². The lowest BCUT2D eigenvalue weighted by atomic mass is 9.86. The molecule has 0 atom stereocenters. The molecule has 79 heavy (non-hydrogen) atoms. The Balaban J connectivity index is 0.984. The van der Waals surface area contributed by atoms with Gasteiger partial charge in [-0.05, 0) is 180 Å². The van der Waals surface area contributed by atoms with Crippen molar-refractivity contribution >= 4 is 99.5 Å². The average Bonchev–Trinajstić information content (AvgIpc) is 3.84. The standard InChI is InChI=1S/C74H61N5/c1-73(2,3)50-32-38-67-61(44-50)63-46-57(34-40-69(63)77(67)54-26-16-9-17-27-54)75(52-22-12-7-13-23-52)59-36-42-71-65(48-59)66-49-60(37-43-72(66)79(71)56-30-20-11-21-31-56)76(53-24-14-8-15-25-53)58-35-41-70-64(47-58)62-45-51(74(4,5)6)33-39-68(62)78(70)55-28-18-10-19-29-55/h7-49H,1-6H3. The zero-order chi connectivity index (χ0) is 53.6. The highest BCUT2D eigenvalue weighted by atomic mass is 15.2. The molecule has 14 aromatic rings. The Bertz CT molecular complexity index is 4320. The number of rotatable bonds is 9. The summed E-state index contributed by atoms with van der Waals surface area (Å²) in [4.78, 5) is 4.85. The second-order valence-corrected chi connectivity index (χ2v) is 23.1. The van der Waals surface area contributed by atoms with Gasteiger partial charge in [-0.25, -0.2) is 0 Å². The SMILES string of the molecule is CC(C)(C)c1ccc2c(c1)c1cc(N(c3ccccc3)c3ccc4c(c3)c3cc(N(c5ccccc5)c5ccc6c(c5)c5cc(C(C)(C)C)ccc5n6-c5ccccc5)ccc3n4-c3ccccc3)ccc1n2-c1ccccc1. The van der Waals surface area contributed by atoms with Crippen molar-refractivity contribution < 1.29 is 0 Å². The van der Waals surface area contributed by atoms with Crippen molar-refractivity contribution in [3.05, 3.63) is 272 Å². The van der Waals surface area contributed by atoms with Crippen LogP contribution in [0.15, 0.2) is 261 Å². The molecule has 3 aromatic heterocycles. The van der Waals surface area contributed by atoms with Crippen LogP contribution in [-0.2, 0) is 10.8 Å². The quantitative estimate of drug-likeness (QED) is 0.144. The van der Waals surface area contributed by atoms with E-state index in [4.69, 9.17) is 0 Å². The number of benzene rings is 11. The van der Waals surface area contributed by atoms with Crippen LogP contribution in [0.2, 0.25) is 0 Å². The van der Waals surface area contributed by atoms with Crippen LogP contribution < -0.4 is 9.80 Å². The molecular formula is C74H61N5. The molecular weight excluding hydrogens is 959 g/mol. The Morgan fingerprint density at radius 2 is 0.456 bits per heavy atom. The summed E-state index contributed by atoms with van der Waals surface area (Å²) >= 11 is 0. The molecule has 382 valence electrons. The van der Waals surface area contributed by atoms with Gasteiger partial charge in [-0.1, -0.05) is 145 Å². The van der Waals surface area contributed by atoms with Gasteiger partial charge in [-0.2, -0.15) is 0 Å². The summed E-state index contributed by atoms with van der Waals surface area (Å²) in [6.45, 7) is 13.8. The van der Waals surface area contributed by atoms with E-state index in [1.54, 1.807) is 0 Å². The summed E-state index contributed by atoms with van der Waals surface area (Å²) < 4.78 is 7.25. The van der Waals surface area contributed by atoms with Crippen LogP contribution in [0.4, 0.5) is 34.1 Å². The third-order valence-corrected chi connectivity index (χ3v) is 16.1. The van der Waals surface area contributed by atoms with Crippen LogP contribution in [0.3, 0.4) is 0 Å². The van der Waals surface area contributed by atoms with Crippen LogP contribution in [0.5, 0.6) is 0 Å². The fourth-order valence-corrected chi connectivity index (χ4v) is 12.1. The average molecular weight is 1020 g/mol. The predicted octanol–water partition coefficient (Wildman–Crippen LogP) is 20.5. The number of anilines is 6. The summed E-state index contributed by atoms with van der Waals surface area (Å²) in [5.74, 6) is 0. The molecule has 0 N–H and O–H groups in total. The maximum absolute atomic E-state index is 2.43. The molecule has 0 amide bonds. The van der Waals surface area contributed by atoms with Crippen LogP contribution in [0.25, 0.3) is 82.5 Å². The maximum atomic E-state index is 2.43. The molecule has 0 saturated heterocycles. The van der Waals surface area contributed by atoms with Crippen molar-refractivity contribution in [2.75, 3.05) is 9.80 Å². The maximum Gasteiger partial charge on any atom is 0.0542 e. The van der Waals surface area contributed by atoms with E-state index in [0.717, 1.165) is 62.2 Å². The van der Waals surface area contributed by atoms with Crippen LogP contribution >= 0.6 is 0 Å². The molecule has 0 aliphatic heterocycles. The Morgan fingerprint density at radius 3 is 0.709 bits per heavy atom. The summed E-state index contributed by atoms with van der Waals surface area (Å²) in [5, 5.41) is 7.25. The van der Waals surface area contributed by atoms with Crippen molar-refractivity contribution in [2.45, 2.75) is 52.4 Å². The lowest BCUT2D eigenvalue weighted by Gasteiger charge is -2.26. The smallest absolute Gasteiger partial charge is 0.0542 e. The number of aromatic nitrogens is 3. The minimum Gasteiger partial charge on any atom is -0.310 e. The second kappa shape index (κ2) is 18.6. The Morgan fingerprint density at radius 1 is 0.228 bits per heavy atom. The van der Waals surface area contributed by atoms with E-state index in [2.05, 4.69) is 326 Å². The highest BCUT2D eigenvalue weighted by molar-refractivity contribution is 6.15. The van der Waals surface area contributed by atoms with Crippen molar-refractivity contribution in [2.24, 2.45) is 0 Å². The Hall–Kier alpha value is -9.58. The first-order chi connectivity index (χ1) is 38.5. The zero-order valence-electron chi connectivity index (χ0n) is 45.6. The molecule has 14 rings (SSSR count). The molecule has 3 heterocycles. The van der Waals surface area contributed by atoms with E-state index in [0.29, 0.717) is 0 Å². The topological polar surface area (TPSA) is 21.3 Å². The number of hydrogen-bond donors (Lipinski definition) is 0. The highest BCUT2D eigenvalue weighted by Crippen LogP contribution is 2.46. The van der Waals surface area contributed by atoms with E-state index >= 15 is 0 Å². The van der Waals surface area contributed by atoms with Gasteiger partial charge in [0.15, 0.2) is 0 Å². The minimum atomic E-state index is -0.0102. The van der Waals surface area contributed by atoms with Crippen LogP contribution in [0, 0.1) is 0 Å². The summed E-state index contributed by atoms with van der Waals surface area (Å²) in [6.07, 6.45) is 0. The van der Waals surface area contributed by atoms with Gasteiger partial charge in [0.1, 0.15) is 0 Å². The van der Waals surface area contributed by atoms with Gasteiger partial charge in [0, 0.05) is 83.5 Å². The molecule has 0 fully saturated rings. The van der Waals surface area contributed by atoms with Crippen molar-refractivity contribution in [3.63, 3.8) is 0 Å². The third-order valence-electron chi connectivity index (χ3n) is 16.1. The molecule has 0 spiro atoms. The Kier molecular flexibility index (Phi) is 11.2. The molecule has 0 aliphatic rings. The van der Waals surface area contributed by atoms with Gasteiger partial charge in [-0.15, -0.1) is 0 Å². The highest BCUT2D eigenvalue weighted by Gasteiger charge is 2.25. The first kappa shape index (κ1) is 47.8. The second-order valence-electron chi connectivity index (χ2n) is 23.1. The van der Waals surface area contributed by atoms with Gasteiger partial charge in [0.25, 0.3) is 0 Å². The van der Waals surface area contributed by atoms with E-state index < -0.39 is 0 Å². The third kappa shape index (κ3) is 8.15. The molecule has 0 aliphatic carbocycles. The molecule has 0 bridgehead atoms. The van der Waals surface area contributed by atoms with Crippen LogP contribution in [0.1, 0.15) is 52.7 Å². The molecule has 5 heteroatoms. The monoisotopic (exact) mass is 1020 g/mol. The molecule has 11 aromatic carbocycles. The first-order valence-electron chi connectivity index (χ1n) is 27.6. The van der Waals surface area contributed by atoms with Gasteiger partial charge in [-0.3, -0.25) is 0 Å². The molecule has 0 radical (unpaired) electrons. The van der Waals surface area contributed by atoms with Gasteiger partial charge < -0.3 is 23.5 Å². The zero-order valence-corrected chi connectivity index (χ0v) is 45.6. The predicted molar refractivity (Wildman–Crippen MR) is 336 cm³/mol. The number of nitrogens with zero attached hydrogens (tertiary/aromatic N) is 5. The lowest BCUT2D eigenvalue weighted by Crippen LogP contribution is -2.10.